The molecule has 4 aromatic rings. The molecule has 0 bridgehead atoms. The number of carbonyl (C=O) groups is 1. The predicted octanol–water partition coefficient (Wildman–Crippen LogP) is 4.18. The highest BCUT2D eigenvalue weighted by molar-refractivity contribution is 6.31. The molecule has 0 aliphatic heterocycles. The Balaban J connectivity index is 1.53. The first kappa shape index (κ1) is 18.6. The predicted molar refractivity (Wildman–Crippen MR) is 112 cm³/mol. The highest BCUT2D eigenvalue weighted by Gasteiger charge is 2.11. The molecule has 4 rings (SSSR count). The Morgan fingerprint density at radius 3 is 2.62 bits per heavy atom. The third-order valence-electron chi connectivity index (χ3n) is 4.28. The SMILES string of the molecule is O=C(Nc1cc(Cl)ccc1NCc1ccccc1)c1cccc(-n2cnnn2)c1. The summed E-state index contributed by atoms with van der Waals surface area (Å²) in [5.74, 6) is -0.259. The van der Waals surface area contributed by atoms with Gasteiger partial charge in [0.25, 0.3) is 5.91 Å². The second-order valence-corrected chi connectivity index (χ2v) is 6.72. The zero-order chi connectivity index (χ0) is 20.1. The van der Waals surface area contributed by atoms with E-state index in [4.69, 9.17) is 11.6 Å². The van der Waals surface area contributed by atoms with Crippen LogP contribution in [-0.2, 0) is 6.54 Å². The maximum atomic E-state index is 12.8. The Labute approximate surface area is 172 Å². The Morgan fingerprint density at radius 2 is 1.83 bits per heavy atom. The molecule has 0 aliphatic carbocycles. The summed E-state index contributed by atoms with van der Waals surface area (Å²) in [5, 5.41) is 17.9. The van der Waals surface area contributed by atoms with Gasteiger partial charge in [-0.25, -0.2) is 4.68 Å². The van der Waals surface area contributed by atoms with E-state index in [1.165, 1.54) is 11.0 Å². The normalized spacial score (nSPS) is 10.5. The van der Waals surface area contributed by atoms with Gasteiger partial charge in [-0.1, -0.05) is 48.0 Å². The van der Waals surface area contributed by atoms with Crippen molar-refractivity contribution in [1.29, 1.82) is 0 Å². The first-order valence-electron chi connectivity index (χ1n) is 8.91. The molecule has 0 unspecified atom stereocenters. The molecule has 1 heterocycles. The summed E-state index contributed by atoms with van der Waals surface area (Å²) in [5.41, 5.74) is 3.69. The van der Waals surface area contributed by atoms with Gasteiger partial charge in [0.05, 0.1) is 17.1 Å². The molecule has 0 spiro atoms. The maximum Gasteiger partial charge on any atom is 0.255 e. The number of amides is 1. The first-order chi connectivity index (χ1) is 14.2. The number of aromatic nitrogens is 4. The number of anilines is 2. The van der Waals surface area contributed by atoms with Gasteiger partial charge >= 0.3 is 0 Å². The quantitative estimate of drug-likeness (QED) is 0.503. The third-order valence-corrected chi connectivity index (χ3v) is 4.51. The Morgan fingerprint density at radius 1 is 0.966 bits per heavy atom. The average Bonchev–Trinajstić information content (AvgIpc) is 3.29. The number of hydrogen-bond acceptors (Lipinski definition) is 5. The molecular weight excluding hydrogens is 388 g/mol. The number of nitrogens with zero attached hydrogens (tertiary/aromatic N) is 4. The number of tetrazole rings is 1. The molecule has 0 atom stereocenters. The fraction of sp³-hybridized carbons (Fsp3) is 0.0476. The molecule has 1 amide bonds. The molecule has 0 saturated carbocycles. The molecule has 0 aliphatic rings. The lowest BCUT2D eigenvalue weighted by atomic mass is 10.1. The van der Waals surface area contributed by atoms with Crippen LogP contribution in [0.3, 0.4) is 0 Å². The van der Waals surface area contributed by atoms with Crippen LogP contribution >= 0.6 is 11.6 Å². The standard InChI is InChI=1S/C21H17ClN6O/c22-17-9-10-19(23-13-15-5-2-1-3-6-15)20(12-17)25-21(29)16-7-4-8-18(11-16)28-14-24-26-27-28/h1-12,14,23H,13H2,(H,25,29). The van der Waals surface area contributed by atoms with Crippen LogP contribution in [-0.4, -0.2) is 26.1 Å². The summed E-state index contributed by atoms with van der Waals surface area (Å²) >= 11 is 6.15. The van der Waals surface area contributed by atoms with Crippen molar-refractivity contribution in [3.63, 3.8) is 0 Å². The molecule has 0 saturated heterocycles. The van der Waals surface area contributed by atoms with E-state index in [0.29, 0.717) is 28.5 Å². The van der Waals surface area contributed by atoms with Crippen molar-refractivity contribution < 1.29 is 4.79 Å². The van der Waals surface area contributed by atoms with Crippen molar-refractivity contribution >= 4 is 28.9 Å². The van der Waals surface area contributed by atoms with Crippen LogP contribution in [0.25, 0.3) is 5.69 Å². The van der Waals surface area contributed by atoms with Gasteiger partial charge in [-0.05, 0) is 52.4 Å². The van der Waals surface area contributed by atoms with E-state index in [1.807, 2.05) is 42.5 Å². The summed E-state index contributed by atoms with van der Waals surface area (Å²) < 4.78 is 1.49. The Kier molecular flexibility index (Phi) is 5.49. The molecule has 0 radical (unpaired) electrons. The number of benzene rings is 3. The minimum Gasteiger partial charge on any atom is -0.379 e. The van der Waals surface area contributed by atoms with Crippen LogP contribution in [0, 0.1) is 0 Å². The van der Waals surface area contributed by atoms with Gasteiger partial charge < -0.3 is 10.6 Å². The molecule has 7 nitrogen and oxygen atoms in total. The van der Waals surface area contributed by atoms with Crippen LogP contribution in [0.5, 0.6) is 0 Å². The van der Waals surface area contributed by atoms with E-state index in [-0.39, 0.29) is 5.91 Å². The van der Waals surface area contributed by atoms with Gasteiger partial charge in [0, 0.05) is 17.1 Å². The van der Waals surface area contributed by atoms with Crippen molar-refractivity contribution in [2.45, 2.75) is 6.54 Å². The summed E-state index contributed by atoms with van der Waals surface area (Å²) in [6.45, 7) is 0.625. The van der Waals surface area contributed by atoms with Crippen molar-refractivity contribution in [3.8, 4) is 5.69 Å². The zero-order valence-corrected chi connectivity index (χ0v) is 16.0. The highest BCUT2D eigenvalue weighted by Crippen LogP contribution is 2.27. The summed E-state index contributed by atoms with van der Waals surface area (Å²) in [4.78, 5) is 12.8. The van der Waals surface area contributed by atoms with E-state index >= 15 is 0 Å². The molecule has 29 heavy (non-hydrogen) atoms. The van der Waals surface area contributed by atoms with Crippen LogP contribution in [0.15, 0.2) is 79.1 Å². The molecule has 8 heteroatoms. The lowest BCUT2D eigenvalue weighted by Gasteiger charge is -2.14. The largest absolute Gasteiger partial charge is 0.379 e. The average molecular weight is 405 g/mol. The maximum absolute atomic E-state index is 12.8. The van der Waals surface area contributed by atoms with Crippen LogP contribution in [0.1, 0.15) is 15.9 Å². The van der Waals surface area contributed by atoms with Gasteiger partial charge in [0.1, 0.15) is 6.33 Å². The number of hydrogen-bond donors (Lipinski definition) is 2. The summed E-state index contributed by atoms with van der Waals surface area (Å²) in [6, 6.07) is 22.4. The summed E-state index contributed by atoms with van der Waals surface area (Å²) in [7, 11) is 0. The second kappa shape index (κ2) is 8.53. The molecule has 2 N–H and O–H groups in total. The lowest BCUT2D eigenvalue weighted by Crippen LogP contribution is -2.14. The van der Waals surface area contributed by atoms with Gasteiger partial charge in [-0.2, -0.15) is 0 Å². The number of halogens is 1. The van der Waals surface area contributed by atoms with E-state index in [9.17, 15) is 4.79 Å². The molecule has 144 valence electrons. The highest BCUT2D eigenvalue weighted by atomic mass is 35.5. The first-order valence-corrected chi connectivity index (χ1v) is 9.29. The van der Waals surface area contributed by atoms with Crippen molar-refractivity contribution in [1.82, 2.24) is 20.2 Å². The van der Waals surface area contributed by atoms with Gasteiger partial charge in [0.15, 0.2) is 0 Å². The van der Waals surface area contributed by atoms with Gasteiger partial charge in [0.2, 0.25) is 0 Å². The Hall–Kier alpha value is -3.71. The number of carbonyl (C=O) groups excluding carboxylic acids is 1. The van der Waals surface area contributed by atoms with E-state index < -0.39 is 0 Å². The fourth-order valence-corrected chi connectivity index (χ4v) is 3.00. The molecule has 3 aromatic carbocycles. The monoisotopic (exact) mass is 404 g/mol. The van der Waals surface area contributed by atoms with Gasteiger partial charge in [-0.15, -0.1) is 5.10 Å². The molecule has 1 aromatic heterocycles. The third kappa shape index (κ3) is 4.59. The topological polar surface area (TPSA) is 84.7 Å². The second-order valence-electron chi connectivity index (χ2n) is 6.29. The van der Waals surface area contributed by atoms with Crippen LogP contribution < -0.4 is 10.6 Å². The van der Waals surface area contributed by atoms with Crippen molar-refractivity contribution in [3.05, 3.63) is 95.3 Å². The molecule has 0 fully saturated rings. The molecular formula is C21H17ClN6O. The lowest BCUT2D eigenvalue weighted by molar-refractivity contribution is 0.102. The van der Waals surface area contributed by atoms with Crippen LogP contribution in [0.4, 0.5) is 11.4 Å². The zero-order valence-electron chi connectivity index (χ0n) is 15.3. The summed E-state index contributed by atoms with van der Waals surface area (Å²) in [6.07, 6.45) is 1.47. The number of nitrogens with one attached hydrogen (secondary N) is 2. The van der Waals surface area contributed by atoms with Crippen molar-refractivity contribution in [2.75, 3.05) is 10.6 Å². The van der Waals surface area contributed by atoms with E-state index in [1.54, 1.807) is 30.3 Å². The van der Waals surface area contributed by atoms with Crippen LogP contribution in [0.2, 0.25) is 5.02 Å². The fourth-order valence-electron chi connectivity index (χ4n) is 2.83. The Bertz CT molecular complexity index is 1120. The number of rotatable bonds is 6. The smallest absolute Gasteiger partial charge is 0.255 e. The minimum absolute atomic E-state index is 0.259. The van der Waals surface area contributed by atoms with Gasteiger partial charge in [-0.3, -0.25) is 4.79 Å². The van der Waals surface area contributed by atoms with E-state index in [0.717, 1.165) is 11.3 Å². The van der Waals surface area contributed by atoms with E-state index in [2.05, 4.69) is 26.2 Å². The van der Waals surface area contributed by atoms with Crippen molar-refractivity contribution in [2.24, 2.45) is 0 Å². The minimum atomic E-state index is -0.259.